The van der Waals surface area contributed by atoms with Crippen LogP contribution in [0.4, 0.5) is 0 Å². The fraction of sp³-hybridized carbons (Fsp3) is 0.667. The molecule has 4 atom stereocenters. The third-order valence-electron chi connectivity index (χ3n) is 6.03. The Bertz CT molecular complexity index is 1370. The second-order valence-corrected chi connectivity index (χ2v) is 14.9. The van der Waals surface area contributed by atoms with Crippen molar-refractivity contribution in [3.63, 3.8) is 0 Å². The summed E-state index contributed by atoms with van der Waals surface area (Å²) in [6, 6.07) is 6.16. The van der Waals surface area contributed by atoms with Gasteiger partial charge in [-0.3, -0.25) is 15.3 Å². The first-order valence-corrected chi connectivity index (χ1v) is 18.7. The molecule has 2 amide bonds. The van der Waals surface area contributed by atoms with Gasteiger partial charge in [-0.15, -0.1) is 0 Å². The topological polar surface area (TPSA) is 266 Å². The van der Waals surface area contributed by atoms with Crippen LogP contribution in [0.2, 0.25) is 0 Å². The van der Waals surface area contributed by atoms with E-state index in [0.29, 0.717) is 37.2 Å². The van der Waals surface area contributed by atoms with E-state index in [1.165, 1.54) is 0 Å². The Morgan fingerprint density at radius 1 is 0.884 bits per heavy atom. The highest BCUT2D eigenvalue weighted by Gasteiger charge is 2.64. The SMILES string of the molecule is CCCC[C@H](NC(=O)[C@@](N)(OS(C)(=O)=O)C(CCCN)(OS(C)(=O)=O)OS(C)(=O)=O)C(=O)N[C@@H](C)[C@@H](N)c1ccccc1. The van der Waals surface area contributed by atoms with Gasteiger partial charge < -0.3 is 22.1 Å². The van der Waals surface area contributed by atoms with Crippen molar-refractivity contribution in [1.82, 2.24) is 10.6 Å². The summed E-state index contributed by atoms with van der Waals surface area (Å²) in [4.78, 5) is 27.2. The van der Waals surface area contributed by atoms with Crippen molar-refractivity contribution < 1.29 is 47.4 Å². The summed E-state index contributed by atoms with van der Waals surface area (Å²) >= 11 is 0. The lowest BCUT2D eigenvalue weighted by atomic mass is 9.96. The van der Waals surface area contributed by atoms with E-state index in [2.05, 4.69) is 10.6 Å². The van der Waals surface area contributed by atoms with Gasteiger partial charge in [-0.1, -0.05) is 50.1 Å². The monoisotopic (exact) mass is 673 g/mol. The molecule has 16 nitrogen and oxygen atoms in total. The summed E-state index contributed by atoms with van der Waals surface area (Å²) < 4.78 is 88.6. The maximum Gasteiger partial charge on any atom is 0.275 e. The fourth-order valence-electron chi connectivity index (χ4n) is 4.06. The predicted molar refractivity (Wildman–Crippen MR) is 158 cm³/mol. The number of hydrogen-bond acceptors (Lipinski definition) is 14. The van der Waals surface area contributed by atoms with Crippen molar-refractivity contribution in [1.29, 1.82) is 0 Å². The maximum atomic E-state index is 13.8. The van der Waals surface area contributed by atoms with Gasteiger partial charge in [0.05, 0.1) is 18.8 Å². The second-order valence-electron chi connectivity index (χ2n) is 10.1. The Labute approximate surface area is 253 Å². The van der Waals surface area contributed by atoms with Crippen LogP contribution in [0.25, 0.3) is 0 Å². The summed E-state index contributed by atoms with van der Waals surface area (Å²) in [7, 11) is -14.2. The lowest BCUT2D eigenvalue weighted by molar-refractivity contribution is -0.223. The Hall–Kier alpha value is -2.23. The number of hydrogen-bond donors (Lipinski definition) is 5. The van der Waals surface area contributed by atoms with Crippen LogP contribution in [-0.2, 0) is 52.5 Å². The Morgan fingerprint density at radius 2 is 1.40 bits per heavy atom. The lowest BCUT2D eigenvalue weighted by Crippen LogP contribution is -2.74. The van der Waals surface area contributed by atoms with Gasteiger partial charge >= 0.3 is 0 Å². The Balaban J connectivity index is 3.66. The number of unbranched alkanes of at least 4 members (excludes halogenated alkanes) is 1. The first-order valence-electron chi connectivity index (χ1n) is 13.2. The molecule has 1 rings (SSSR count). The molecule has 0 bridgehead atoms. The number of carbonyl (C=O) groups is 2. The molecule has 0 heterocycles. The van der Waals surface area contributed by atoms with E-state index in [9.17, 15) is 34.8 Å². The lowest BCUT2D eigenvalue weighted by Gasteiger charge is -2.43. The average molecular weight is 674 g/mol. The molecule has 0 saturated heterocycles. The van der Waals surface area contributed by atoms with E-state index < -0.39 is 78.2 Å². The molecular weight excluding hydrogens is 630 g/mol. The van der Waals surface area contributed by atoms with Crippen LogP contribution in [0.1, 0.15) is 57.6 Å². The number of rotatable bonds is 19. The first-order chi connectivity index (χ1) is 19.6. The quantitative estimate of drug-likeness (QED) is 0.0861. The van der Waals surface area contributed by atoms with Gasteiger partial charge in [-0.05, 0) is 31.9 Å². The summed E-state index contributed by atoms with van der Waals surface area (Å²) in [5.41, 5.74) is 15.2. The highest BCUT2D eigenvalue weighted by Crippen LogP contribution is 2.37. The smallest absolute Gasteiger partial charge is 0.275 e. The zero-order valence-corrected chi connectivity index (χ0v) is 27.3. The van der Waals surface area contributed by atoms with E-state index in [1.807, 2.05) is 6.92 Å². The standard InChI is InChI=1S/C24H43N5O11S3/c1-6-7-14-19(21(30)28-17(2)20(26)18-12-9-8-10-13-18)29-22(31)24(27,40-43(5,36)37)23(15-11-16-25,38-41(3,32)33)39-42(4,34)35/h8-10,12-13,17,19-20H,6-7,11,14-16,25-27H2,1-5H3,(H,28,30)(H,29,31)/t17-,19-,20+,24+/m0/s1. The van der Waals surface area contributed by atoms with E-state index in [1.54, 1.807) is 37.3 Å². The van der Waals surface area contributed by atoms with E-state index in [-0.39, 0.29) is 19.4 Å². The Kier molecular flexibility index (Phi) is 14.1. The minimum absolute atomic E-state index is 0.00594. The van der Waals surface area contributed by atoms with Crippen LogP contribution in [0.3, 0.4) is 0 Å². The molecule has 0 unspecified atom stereocenters. The summed E-state index contributed by atoms with van der Waals surface area (Å²) in [6.45, 7) is 3.22. The van der Waals surface area contributed by atoms with Crippen LogP contribution in [0.15, 0.2) is 30.3 Å². The van der Waals surface area contributed by atoms with Gasteiger partial charge in [0.15, 0.2) is 0 Å². The van der Waals surface area contributed by atoms with Gasteiger partial charge in [0.25, 0.3) is 47.8 Å². The number of nitrogens with one attached hydrogen (secondary N) is 2. The van der Waals surface area contributed by atoms with E-state index >= 15 is 0 Å². The van der Waals surface area contributed by atoms with E-state index in [4.69, 9.17) is 29.8 Å². The molecule has 0 aromatic heterocycles. The van der Waals surface area contributed by atoms with Crippen LogP contribution in [0.5, 0.6) is 0 Å². The third kappa shape index (κ3) is 12.4. The summed E-state index contributed by atoms with van der Waals surface area (Å²) in [5, 5.41) is 4.96. The second kappa shape index (κ2) is 15.7. The molecule has 1 aromatic carbocycles. The summed E-state index contributed by atoms with van der Waals surface area (Å²) in [5.74, 6) is -5.68. The molecule has 0 aliphatic carbocycles. The number of amides is 2. The molecule has 0 fully saturated rings. The zero-order valence-electron chi connectivity index (χ0n) is 24.8. The maximum absolute atomic E-state index is 13.8. The molecule has 0 spiro atoms. The minimum Gasteiger partial charge on any atom is -0.350 e. The molecule has 8 N–H and O–H groups in total. The van der Waals surface area contributed by atoms with Crippen LogP contribution >= 0.6 is 0 Å². The number of nitrogens with two attached hydrogens (primary N) is 3. The molecule has 0 saturated carbocycles. The molecule has 19 heteroatoms. The summed E-state index contributed by atoms with van der Waals surface area (Å²) in [6.07, 6.45) is 1.29. The van der Waals surface area contributed by atoms with Gasteiger partial charge in [0.2, 0.25) is 5.91 Å². The molecule has 1 aromatic rings. The fourth-order valence-corrected chi connectivity index (χ4v) is 6.25. The van der Waals surface area contributed by atoms with Crippen molar-refractivity contribution in [2.45, 2.75) is 75.6 Å². The zero-order chi connectivity index (χ0) is 33.3. The van der Waals surface area contributed by atoms with Crippen molar-refractivity contribution in [3.05, 3.63) is 35.9 Å². The average Bonchev–Trinajstić information content (AvgIpc) is 2.86. The van der Waals surface area contributed by atoms with E-state index in [0.717, 1.165) is 0 Å². The molecule has 248 valence electrons. The number of carbonyl (C=O) groups excluding carboxylic acids is 2. The first kappa shape index (κ1) is 38.8. The highest BCUT2D eigenvalue weighted by molar-refractivity contribution is 7.86. The van der Waals surface area contributed by atoms with Crippen molar-refractivity contribution in [3.8, 4) is 0 Å². The normalized spacial score (nSPS) is 16.5. The molecule has 0 aliphatic heterocycles. The van der Waals surface area contributed by atoms with Crippen LogP contribution in [0, 0.1) is 0 Å². The van der Waals surface area contributed by atoms with Crippen LogP contribution < -0.4 is 27.8 Å². The van der Waals surface area contributed by atoms with Gasteiger partial charge in [-0.25, -0.2) is 12.5 Å². The number of benzene rings is 1. The largest absolute Gasteiger partial charge is 0.350 e. The van der Waals surface area contributed by atoms with Gasteiger partial charge in [-0.2, -0.15) is 25.3 Å². The molecule has 0 aliphatic rings. The van der Waals surface area contributed by atoms with Crippen molar-refractivity contribution >= 4 is 42.2 Å². The van der Waals surface area contributed by atoms with Crippen molar-refractivity contribution in [2.24, 2.45) is 17.2 Å². The van der Waals surface area contributed by atoms with Crippen LogP contribution in [-0.4, -0.2) is 86.0 Å². The highest BCUT2D eigenvalue weighted by atomic mass is 32.2. The Morgan fingerprint density at radius 3 is 1.84 bits per heavy atom. The molecule has 0 radical (unpaired) electrons. The molecule has 43 heavy (non-hydrogen) atoms. The van der Waals surface area contributed by atoms with Gasteiger partial charge in [0.1, 0.15) is 6.04 Å². The molecular formula is C24H43N5O11S3. The van der Waals surface area contributed by atoms with Gasteiger partial charge in [0, 0.05) is 18.5 Å². The predicted octanol–water partition coefficient (Wildman–Crippen LogP) is -1.12. The van der Waals surface area contributed by atoms with Crippen molar-refractivity contribution in [2.75, 3.05) is 25.3 Å². The minimum atomic E-state index is -4.76. The third-order valence-corrected chi connectivity index (χ3v) is 7.74.